The number of likely N-dealkylation sites (tertiary alicyclic amines) is 1. The number of rotatable bonds is 2. The Morgan fingerprint density at radius 2 is 2.20 bits per heavy atom. The molecule has 80 valence electrons. The lowest BCUT2D eigenvalue weighted by molar-refractivity contribution is -0.134. The number of hydrogen-bond acceptors (Lipinski definition) is 3. The summed E-state index contributed by atoms with van der Waals surface area (Å²) in [6.07, 6.45) is -0.305. The fraction of sp³-hybridized carbons (Fsp3) is 0.364. The van der Waals surface area contributed by atoms with Crippen LogP contribution in [0.4, 0.5) is 5.69 Å². The van der Waals surface area contributed by atoms with E-state index in [0.717, 1.165) is 5.56 Å². The van der Waals surface area contributed by atoms with Crippen LogP contribution in [-0.2, 0) is 11.3 Å². The molecule has 0 spiro atoms. The smallest absolute Gasteiger partial charge is 0.251 e. The van der Waals surface area contributed by atoms with Gasteiger partial charge in [-0.3, -0.25) is 4.79 Å². The first kappa shape index (κ1) is 9.98. The molecule has 0 aromatic heterocycles. The van der Waals surface area contributed by atoms with E-state index in [2.05, 4.69) is 0 Å². The van der Waals surface area contributed by atoms with Crippen LogP contribution in [-0.4, -0.2) is 28.6 Å². The van der Waals surface area contributed by atoms with Crippen LogP contribution in [0.15, 0.2) is 24.3 Å². The summed E-state index contributed by atoms with van der Waals surface area (Å²) in [7, 11) is 0. The summed E-state index contributed by atoms with van der Waals surface area (Å²) >= 11 is 0. The maximum atomic E-state index is 11.5. The molecule has 1 aromatic carbocycles. The van der Waals surface area contributed by atoms with Gasteiger partial charge in [-0.1, -0.05) is 18.2 Å². The Kier molecular flexibility index (Phi) is 2.60. The summed E-state index contributed by atoms with van der Waals surface area (Å²) in [6.45, 7) is 1.09. The second kappa shape index (κ2) is 3.90. The van der Waals surface area contributed by atoms with Gasteiger partial charge in [0.1, 0.15) is 6.10 Å². The number of nitrogen functional groups attached to an aromatic ring is 1. The maximum Gasteiger partial charge on any atom is 0.251 e. The quantitative estimate of drug-likeness (QED) is 0.687. The molecule has 1 heterocycles. The zero-order chi connectivity index (χ0) is 10.8. The molecule has 3 N–H and O–H groups in total. The summed E-state index contributed by atoms with van der Waals surface area (Å²) in [5.74, 6) is -0.196. The Morgan fingerprint density at radius 3 is 2.80 bits per heavy atom. The normalized spacial score (nSPS) is 21.0. The van der Waals surface area contributed by atoms with Crippen molar-refractivity contribution in [2.24, 2.45) is 0 Å². The minimum Gasteiger partial charge on any atom is -0.398 e. The molecule has 1 unspecified atom stereocenters. The number of benzene rings is 1. The third-order valence-electron chi connectivity index (χ3n) is 2.69. The summed E-state index contributed by atoms with van der Waals surface area (Å²) in [5.41, 5.74) is 7.40. The highest BCUT2D eigenvalue weighted by Crippen LogP contribution is 2.18. The van der Waals surface area contributed by atoms with Crippen molar-refractivity contribution in [2.75, 3.05) is 12.3 Å². The van der Waals surface area contributed by atoms with Crippen molar-refractivity contribution < 1.29 is 9.90 Å². The molecular formula is C11H14N2O2. The number of anilines is 1. The third-order valence-corrected chi connectivity index (χ3v) is 2.69. The molecule has 0 bridgehead atoms. The SMILES string of the molecule is Nc1ccccc1CN1CCC(O)C1=O. The van der Waals surface area contributed by atoms with Gasteiger partial charge in [0, 0.05) is 18.8 Å². The van der Waals surface area contributed by atoms with Crippen molar-refractivity contribution in [3.63, 3.8) is 0 Å². The second-order valence-corrected chi connectivity index (χ2v) is 3.76. The van der Waals surface area contributed by atoms with E-state index in [1.807, 2.05) is 24.3 Å². The number of hydrogen-bond donors (Lipinski definition) is 2. The van der Waals surface area contributed by atoms with E-state index < -0.39 is 6.10 Å². The lowest BCUT2D eigenvalue weighted by atomic mass is 10.2. The second-order valence-electron chi connectivity index (χ2n) is 3.76. The zero-order valence-corrected chi connectivity index (χ0v) is 8.39. The van der Waals surface area contributed by atoms with E-state index in [-0.39, 0.29) is 5.91 Å². The molecule has 1 atom stereocenters. The number of carbonyl (C=O) groups excluding carboxylic acids is 1. The summed E-state index contributed by atoms with van der Waals surface area (Å²) in [6, 6.07) is 7.46. The van der Waals surface area contributed by atoms with Crippen molar-refractivity contribution in [1.82, 2.24) is 4.90 Å². The Hall–Kier alpha value is -1.55. The fourth-order valence-corrected chi connectivity index (χ4v) is 1.76. The van der Waals surface area contributed by atoms with E-state index in [1.165, 1.54) is 0 Å². The van der Waals surface area contributed by atoms with Crippen LogP contribution in [0.25, 0.3) is 0 Å². The molecule has 4 heteroatoms. The number of aliphatic hydroxyl groups is 1. The molecular weight excluding hydrogens is 192 g/mol. The molecule has 1 aliphatic heterocycles. The number of aliphatic hydroxyl groups excluding tert-OH is 1. The van der Waals surface area contributed by atoms with Gasteiger partial charge in [-0.2, -0.15) is 0 Å². The minimum absolute atomic E-state index is 0.196. The van der Waals surface area contributed by atoms with Crippen LogP contribution in [0.3, 0.4) is 0 Å². The van der Waals surface area contributed by atoms with Gasteiger partial charge < -0.3 is 15.7 Å². The van der Waals surface area contributed by atoms with Crippen LogP contribution >= 0.6 is 0 Å². The van der Waals surface area contributed by atoms with E-state index in [9.17, 15) is 9.90 Å². The lowest BCUT2D eigenvalue weighted by Crippen LogP contribution is -2.29. The number of nitrogens with zero attached hydrogens (tertiary/aromatic N) is 1. The van der Waals surface area contributed by atoms with Crippen molar-refractivity contribution in [1.29, 1.82) is 0 Å². The largest absolute Gasteiger partial charge is 0.398 e. The van der Waals surface area contributed by atoms with Crippen molar-refractivity contribution in [3.8, 4) is 0 Å². The van der Waals surface area contributed by atoms with Gasteiger partial charge in [0.05, 0.1) is 0 Å². The van der Waals surface area contributed by atoms with Crippen LogP contribution in [0, 0.1) is 0 Å². The lowest BCUT2D eigenvalue weighted by Gasteiger charge is -2.16. The minimum atomic E-state index is -0.824. The van der Waals surface area contributed by atoms with Gasteiger partial charge in [0.25, 0.3) is 5.91 Å². The van der Waals surface area contributed by atoms with Gasteiger partial charge in [0.15, 0.2) is 0 Å². The predicted octanol–water partition coefficient (Wildman–Crippen LogP) is 0.362. The van der Waals surface area contributed by atoms with E-state index in [0.29, 0.717) is 25.2 Å². The number of nitrogens with two attached hydrogens (primary N) is 1. The first-order valence-corrected chi connectivity index (χ1v) is 4.98. The van der Waals surface area contributed by atoms with E-state index in [4.69, 9.17) is 5.73 Å². The van der Waals surface area contributed by atoms with Gasteiger partial charge in [0.2, 0.25) is 0 Å². The summed E-state index contributed by atoms with van der Waals surface area (Å²) in [4.78, 5) is 13.1. The first-order chi connectivity index (χ1) is 7.18. The molecule has 2 rings (SSSR count). The average Bonchev–Trinajstić information content (AvgIpc) is 2.53. The topological polar surface area (TPSA) is 66.6 Å². The van der Waals surface area contributed by atoms with Crippen LogP contribution < -0.4 is 5.73 Å². The highest BCUT2D eigenvalue weighted by Gasteiger charge is 2.29. The third kappa shape index (κ3) is 1.94. The van der Waals surface area contributed by atoms with Gasteiger partial charge in [-0.05, 0) is 18.1 Å². The molecule has 1 saturated heterocycles. The average molecular weight is 206 g/mol. The Labute approximate surface area is 88.3 Å². The van der Waals surface area contributed by atoms with Crippen molar-refractivity contribution >= 4 is 11.6 Å². The number of amides is 1. The van der Waals surface area contributed by atoms with Crippen molar-refractivity contribution in [3.05, 3.63) is 29.8 Å². The zero-order valence-electron chi connectivity index (χ0n) is 8.39. The Morgan fingerprint density at radius 1 is 1.47 bits per heavy atom. The highest BCUT2D eigenvalue weighted by molar-refractivity contribution is 5.82. The predicted molar refractivity (Wildman–Crippen MR) is 56.9 cm³/mol. The molecule has 1 fully saturated rings. The molecule has 15 heavy (non-hydrogen) atoms. The molecule has 1 aromatic rings. The van der Waals surface area contributed by atoms with Gasteiger partial charge in [-0.25, -0.2) is 0 Å². The Bertz CT molecular complexity index is 379. The first-order valence-electron chi connectivity index (χ1n) is 4.98. The Balaban J connectivity index is 2.10. The highest BCUT2D eigenvalue weighted by atomic mass is 16.3. The molecule has 1 amide bonds. The van der Waals surface area contributed by atoms with Crippen LogP contribution in [0.2, 0.25) is 0 Å². The standard InChI is InChI=1S/C11H14N2O2/c12-9-4-2-1-3-8(9)7-13-6-5-10(14)11(13)15/h1-4,10,14H,5-7,12H2. The van der Waals surface area contributed by atoms with E-state index >= 15 is 0 Å². The van der Waals surface area contributed by atoms with Gasteiger partial charge in [-0.15, -0.1) is 0 Å². The van der Waals surface area contributed by atoms with Gasteiger partial charge >= 0.3 is 0 Å². The number of para-hydroxylation sites is 1. The van der Waals surface area contributed by atoms with Crippen molar-refractivity contribution in [2.45, 2.75) is 19.1 Å². The maximum absolute atomic E-state index is 11.5. The van der Waals surface area contributed by atoms with E-state index in [1.54, 1.807) is 4.90 Å². The monoisotopic (exact) mass is 206 g/mol. The number of carbonyl (C=O) groups is 1. The molecule has 0 saturated carbocycles. The molecule has 4 nitrogen and oxygen atoms in total. The molecule has 0 radical (unpaired) electrons. The molecule has 0 aliphatic carbocycles. The van der Waals surface area contributed by atoms with Crippen LogP contribution in [0.5, 0.6) is 0 Å². The van der Waals surface area contributed by atoms with Crippen LogP contribution in [0.1, 0.15) is 12.0 Å². The molecule has 1 aliphatic rings. The fourth-order valence-electron chi connectivity index (χ4n) is 1.76. The summed E-state index contributed by atoms with van der Waals surface area (Å²) in [5, 5.41) is 9.29. The summed E-state index contributed by atoms with van der Waals surface area (Å²) < 4.78 is 0.